The molecule has 5 rings (SSSR count). The molecule has 6 heteroatoms. The lowest BCUT2D eigenvalue weighted by Crippen LogP contribution is -2.44. The molecular formula is C26H26N4O2. The number of fused-ring (bicyclic) bond motifs is 1. The maximum atomic E-state index is 8.71. The van der Waals surface area contributed by atoms with E-state index in [0.717, 1.165) is 57.7 Å². The minimum absolute atomic E-state index is 0.140. The van der Waals surface area contributed by atoms with Gasteiger partial charge in [0.25, 0.3) is 0 Å². The number of nitrogens with one attached hydrogen (secondary N) is 2. The number of aromatic nitrogens is 2. The largest absolute Gasteiger partial charge is 0.496 e. The lowest BCUT2D eigenvalue weighted by atomic mass is 10.00. The first kappa shape index (κ1) is 20.3. The molecule has 162 valence electrons. The molecule has 32 heavy (non-hydrogen) atoms. The number of methoxy groups -OCH3 is 1. The highest BCUT2D eigenvalue weighted by atomic mass is 16.5. The second kappa shape index (κ2) is 8.48. The molecule has 1 saturated heterocycles. The molecule has 4 aromatic rings. The van der Waals surface area contributed by atoms with Gasteiger partial charge in [-0.05, 0) is 30.7 Å². The van der Waals surface area contributed by atoms with Gasteiger partial charge in [-0.3, -0.25) is 5.41 Å². The Bertz CT molecular complexity index is 1280. The van der Waals surface area contributed by atoms with Crippen LogP contribution in [0.3, 0.4) is 0 Å². The van der Waals surface area contributed by atoms with Gasteiger partial charge in [-0.1, -0.05) is 36.4 Å². The van der Waals surface area contributed by atoms with Crippen LogP contribution in [0.1, 0.15) is 12.5 Å². The lowest BCUT2D eigenvalue weighted by molar-refractivity contribution is 0.00573. The third kappa shape index (κ3) is 3.74. The first-order chi connectivity index (χ1) is 15.6. The molecule has 2 aromatic carbocycles. The summed E-state index contributed by atoms with van der Waals surface area (Å²) >= 11 is 0. The lowest BCUT2D eigenvalue weighted by Gasteiger charge is -2.33. The van der Waals surface area contributed by atoms with Gasteiger partial charge in [-0.25, -0.2) is 4.98 Å². The minimum atomic E-state index is 0.140. The number of nitrogens with zero attached hydrogens (tertiary/aromatic N) is 2. The van der Waals surface area contributed by atoms with E-state index in [1.165, 1.54) is 0 Å². The number of amidine groups is 1. The van der Waals surface area contributed by atoms with Crippen molar-refractivity contribution in [1.29, 1.82) is 5.41 Å². The van der Waals surface area contributed by atoms with E-state index in [2.05, 4.69) is 39.1 Å². The van der Waals surface area contributed by atoms with Crippen LogP contribution in [0.2, 0.25) is 0 Å². The summed E-state index contributed by atoms with van der Waals surface area (Å²) in [4.78, 5) is 10.0. The van der Waals surface area contributed by atoms with E-state index in [1.54, 1.807) is 7.11 Å². The molecule has 0 aliphatic carbocycles. The van der Waals surface area contributed by atoms with Crippen LogP contribution in [-0.2, 0) is 4.74 Å². The Balaban J connectivity index is 1.52. The van der Waals surface area contributed by atoms with Crippen LogP contribution in [0.5, 0.6) is 5.75 Å². The predicted octanol–water partition coefficient (Wildman–Crippen LogP) is 4.95. The third-order valence-corrected chi connectivity index (χ3v) is 5.95. The Morgan fingerprint density at radius 1 is 1.12 bits per heavy atom. The monoisotopic (exact) mass is 426 g/mol. The summed E-state index contributed by atoms with van der Waals surface area (Å²) < 4.78 is 11.2. The summed E-state index contributed by atoms with van der Waals surface area (Å²) in [5.41, 5.74) is 5.86. The van der Waals surface area contributed by atoms with Crippen LogP contribution >= 0.6 is 0 Å². The van der Waals surface area contributed by atoms with Crippen molar-refractivity contribution in [2.24, 2.45) is 0 Å². The number of morpholine rings is 1. The number of hydrogen-bond donors (Lipinski definition) is 2. The summed E-state index contributed by atoms with van der Waals surface area (Å²) in [5, 5.41) is 9.74. The Hall–Kier alpha value is -3.64. The van der Waals surface area contributed by atoms with Crippen LogP contribution in [-0.4, -0.2) is 53.6 Å². The van der Waals surface area contributed by atoms with Crippen molar-refractivity contribution in [1.82, 2.24) is 14.9 Å². The summed E-state index contributed by atoms with van der Waals surface area (Å²) in [6, 6.07) is 18.3. The first-order valence-electron chi connectivity index (χ1n) is 10.8. The number of H-pyrrole nitrogens is 1. The highest BCUT2D eigenvalue weighted by Crippen LogP contribution is 2.36. The fourth-order valence-corrected chi connectivity index (χ4v) is 4.30. The molecule has 0 saturated carbocycles. The molecular weight excluding hydrogens is 400 g/mol. The van der Waals surface area contributed by atoms with Gasteiger partial charge in [0.1, 0.15) is 17.2 Å². The molecule has 1 unspecified atom stereocenters. The van der Waals surface area contributed by atoms with Crippen molar-refractivity contribution in [3.8, 4) is 28.0 Å². The van der Waals surface area contributed by atoms with Crippen molar-refractivity contribution in [2.75, 3.05) is 26.8 Å². The summed E-state index contributed by atoms with van der Waals surface area (Å²) in [5.74, 6) is 1.36. The van der Waals surface area contributed by atoms with E-state index in [4.69, 9.17) is 14.9 Å². The van der Waals surface area contributed by atoms with Crippen molar-refractivity contribution in [3.63, 3.8) is 0 Å². The van der Waals surface area contributed by atoms with Gasteiger partial charge < -0.3 is 19.4 Å². The van der Waals surface area contributed by atoms with Crippen LogP contribution in [0.15, 0.2) is 67.0 Å². The fraction of sp³-hybridized carbons (Fsp3) is 0.231. The maximum absolute atomic E-state index is 8.71. The topological polar surface area (TPSA) is 74.2 Å². The molecule has 1 fully saturated rings. The summed E-state index contributed by atoms with van der Waals surface area (Å²) in [6.07, 6.45) is 4.00. The van der Waals surface area contributed by atoms with Crippen molar-refractivity contribution < 1.29 is 9.47 Å². The molecule has 3 heterocycles. The standard InChI is InChI=1S/C26H26N4O2/c1-17-16-30(10-11-32-17)25(27)19-7-5-6-18(12-19)20-13-22-23(15-29-26(22)28-14-20)21-8-3-4-9-24(21)31-2/h3-9,12-15,17,27H,10-11,16H2,1-2H3,(H,28,29). The van der Waals surface area contributed by atoms with E-state index >= 15 is 0 Å². The van der Waals surface area contributed by atoms with E-state index < -0.39 is 0 Å². The zero-order valence-electron chi connectivity index (χ0n) is 18.3. The van der Waals surface area contributed by atoms with Crippen LogP contribution in [0, 0.1) is 5.41 Å². The Morgan fingerprint density at radius 3 is 2.84 bits per heavy atom. The highest BCUT2D eigenvalue weighted by molar-refractivity contribution is 5.99. The van der Waals surface area contributed by atoms with E-state index in [0.29, 0.717) is 12.4 Å². The quantitative estimate of drug-likeness (QED) is 0.358. The SMILES string of the molecule is COc1ccccc1-c1c[nH]c2ncc(-c3cccc(C(=N)N4CCOC(C)C4)c3)cc12. The summed E-state index contributed by atoms with van der Waals surface area (Å²) in [6.45, 7) is 4.19. The number of benzene rings is 2. The second-order valence-electron chi connectivity index (χ2n) is 8.08. The molecule has 0 spiro atoms. The van der Waals surface area contributed by atoms with E-state index in [-0.39, 0.29) is 6.10 Å². The van der Waals surface area contributed by atoms with Gasteiger partial charge in [0.05, 0.1) is 19.8 Å². The van der Waals surface area contributed by atoms with Gasteiger partial charge in [0, 0.05) is 53.1 Å². The average Bonchev–Trinajstić information content (AvgIpc) is 3.26. The molecule has 1 aliphatic rings. The van der Waals surface area contributed by atoms with Gasteiger partial charge in [-0.15, -0.1) is 0 Å². The van der Waals surface area contributed by atoms with Gasteiger partial charge >= 0.3 is 0 Å². The molecule has 2 aromatic heterocycles. The zero-order chi connectivity index (χ0) is 22.1. The van der Waals surface area contributed by atoms with Crippen molar-refractivity contribution >= 4 is 16.9 Å². The average molecular weight is 427 g/mol. The van der Waals surface area contributed by atoms with Crippen LogP contribution < -0.4 is 4.74 Å². The van der Waals surface area contributed by atoms with Gasteiger partial charge in [0.15, 0.2) is 0 Å². The first-order valence-corrected chi connectivity index (χ1v) is 10.8. The fourth-order valence-electron chi connectivity index (χ4n) is 4.30. The number of ether oxygens (including phenoxy) is 2. The third-order valence-electron chi connectivity index (χ3n) is 5.95. The van der Waals surface area contributed by atoms with Crippen LogP contribution in [0.4, 0.5) is 0 Å². The Morgan fingerprint density at radius 2 is 2.00 bits per heavy atom. The molecule has 0 radical (unpaired) electrons. The number of rotatable bonds is 4. The second-order valence-corrected chi connectivity index (χ2v) is 8.08. The van der Waals surface area contributed by atoms with Crippen molar-refractivity contribution in [2.45, 2.75) is 13.0 Å². The molecule has 0 bridgehead atoms. The highest BCUT2D eigenvalue weighted by Gasteiger charge is 2.20. The minimum Gasteiger partial charge on any atom is -0.496 e. The molecule has 1 aliphatic heterocycles. The summed E-state index contributed by atoms with van der Waals surface area (Å²) in [7, 11) is 1.69. The number of aromatic amines is 1. The van der Waals surface area contributed by atoms with E-state index in [1.807, 2.05) is 49.6 Å². The molecule has 6 nitrogen and oxygen atoms in total. The molecule has 0 amide bonds. The van der Waals surface area contributed by atoms with Gasteiger partial charge in [0.2, 0.25) is 0 Å². The molecule has 1 atom stereocenters. The Labute approximate surface area is 187 Å². The van der Waals surface area contributed by atoms with Crippen LogP contribution in [0.25, 0.3) is 33.3 Å². The Kier molecular flexibility index (Phi) is 5.37. The number of hydrogen-bond acceptors (Lipinski definition) is 4. The smallest absolute Gasteiger partial charge is 0.137 e. The molecule has 2 N–H and O–H groups in total. The van der Waals surface area contributed by atoms with Gasteiger partial charge in [-0.2, -0.15) is 0 Å². The number of pyridine rings is 1. The van der Waals surface area contributed by atoms with E-state index in [9.17, 15) is 0 Å². The number of para-hydroxylation sites is 1. The predicted molar refractivity (Wildman–Crippen MR) is 127 cm³/mol. The normalized spacial score (nSPS) is 16.3. The van der Waals surface area contributed by atoms with Crippen molar-refractivity contribution in [3.05, 3.63) is 72.6 Å². The zero-order valence-corrected chi connectivity index (χ0v) is 18.3. The maximum Gasteiger partial charge on any atom is 0.137 e.